The Kier molecular flexibility index (Phi) is 3.57. The average Bonchev–Trinajstić information content (AvgIpc) is 2.27. The van der Waals surface area contributed by atoms with Gasteiger partial charge in [-0.05, 0) is 13.0 Å². The van der Waals surface area contributed by atoms with E-state index in [9.17, 15) is 4.79 Å². The van der Waals surface area contributed by atoms with Gasteiger partial charge in [0, 0.05) is 19.4 Å². The van der Waals surface area contributed by atoms with E-state index in [0.29, 0.717) is 6.61 Å². The zero-order chi connectivity index (χ0) is 13.2. The molecule has 1 aromatic rings. The fourth-order valence-electron chi connectivity index (χ4n) is 2.06. The van der Waals surface area contributed by atoms with Gasteiger partial charge < -0.3 is 14.2 Å². The minimum Gasteiger partial charge on any atom is -0.466 e. The number of carbonyl (C=O) groups excluding carboxylic acids is 1. The summed E-state index contributed by atoms with van der Waals surface area (Å²) in [4.78, 5) is 11.6. The van der Waals surface area contributed by atoms with Crippen LogP contribution in [0.1, 0.15) is 38.9 Å². The first-order valence-corrected chi connectivity index (χ1v) is 6.13. The Morgan fingerprint density at radius 1 is 1.39 bits per heavy atom. The molecule has 0 radical (unpaired) electrons. The maximum Gasteiger partial charge on any atom is 0.308 e. The van der Waals surface area contributed by atoms with Gasteiger partial charge in [-0.3, -0.25) is 4.79 Å². The van der Waals surface area contributed by atoms with E-state index in [4.69, 9.17) is 14.2 Å². The second-order valence-electron chi connectivity index (χ2n) is 4.66. The molecule has 1 aliphatic heterocycles. The molecule has 0 N–H and O–H groups in total. The summed E-state index contributed by atoms with van der Waals surface area (Å²) >= 11 is 0. The van der Waals surface area contributed by atoms with Crippen LogP contribution in [0.3, 0.4) is 0 Å². The maximum absolute atomic E-state index is 11.6. The van der Waals surface area contributed by atoms with E-state index >= 15 is 0 Å². The predicted octanol–water partition coefficient (Wildman–Crippen LogP) is 2.83. The lowest BCUT2D eigenvalue weighted by Gasteiger charge is -2.37. The Labute approximate surface area is 107 Å². The highest BCUT2D eigenvalue weighted by Gasteiger charge is 2.35. The van der Waals surface area contributed by atoms with Crippen molar-refractivity contribution in [3.8, 4) is 5.75 Å². The van der Waals surface area contributed by atoms with Gasteiger partial charge in [0.25, 0.3) is 0 Å². The predicted molar refractivity (Wildman–Crippen MR) is 66.2 cm³/mol. The Morgan fingerprint density at radius 2 is 2.11 bits per heavy atom. The molecule has 0 aromatic heterocycles. The molecule has 0 bridgehead atoms. The molecule has 1 heterocycles. The number of rotatable bonds is 3. The number of fused-ring (bicyclic) bond motifs is 1. The normalized spacial score (nSPS) is 20.7. The van der Waals surface area contributed by atoms with E-state index in [2.05, 4.69) is 0 Å². The van der Waals surface area contributed by atoms with Crippen LogP contribution in [0.25, 0.3) is 0 Å². The highest BCUT2D eigenvalue weighted by atomic mass is 16.7. The highest BCUT2D eigenvalue weighted by molar-refractivity contribution is 5.70. The van der Waals surface area contributed by atoms with Crippen LogP contribution in [-0.4, -0.2) is 18.4 Å². The van der Waals surface area contributed by atoms with Crippen molar-refractivity contribution >= 4 is 5.97 Å². The highest BCUT2D eigenvalue weighted by Crippen LogP contribution is 2.40. The van der Waals surface area contributed by atoms with Gasteiger partial charge in [0.05, 0.1) is 13.0 Å². The van der Waals surface area contributed by atoms with Crippen molar-refractivity contribution in [2.24, 2.45) is 0 Å². The molecule has 2 rings (SSSR count). The van der Waals surface area contributed by atoms with Crippen LogP contribution in [0.15, 0.2) is 24.3 Å². The molecular formula is C14H18O4. The molecule has 1 aliphatic rings. The Bertz CT molecular complexity index is 439. The largest absolute Gasteiger partial charge is 0.466 e. The van der Waals surface area contributed by atoms with Crippen molar-refractivity contribution in [1.29, 1.82) is 0 Å². The van der Waals surface area contributed by atoms with Crippen LogP contribution in [0.4, 0.5) is 0 Å². The van der Waals surface area contributed by atoms with Crippen molar-refractivity contribution in [2.75, 3.05) is 6.61 Å². The SMILES string of the molecule is CCOC(=O)CC1OC(C)(C)Oc2ccccc21. The first-order chi connectivity index (χ1) is 8.52. The average molecular weight is 250 g/mol. The van der Waals surface area contributed by atoms with Gasteiger partial charge in [-0.2, -0.15) is 0 Å². The standard InChI is InChI=1S/C14H18O4/c1-4-16-13(15)9-12-10-7-5-6-8-11(10)17-14(2,3)18-12/h5-8,12H,4,9H2,1-3H3. The molecule has 4 heteroatoms. The second kappa shape index (κ2) is 4.98. The third-order valence-electron chi connectivity index (χ3n) is 2.71. The first-order valence-electron chi connectivity index (χ1n) is 6.13. The fraction of sp³-hybridized carbons (Fsp3) is 0.500. The van der Waals surface area contributed by atoms with Crippen LogP contribution >= 0.6 is 0 Å². The summed E-state index contributed by atoms with van der Waals surface area (Å²) in [6, 6.07) is 7.61. The summed E-state index contributed by atoms with van der Waals surface area (Å²) in [6.45, 7) is 5.84. The van der Waals surface area contributed by atoms with E-state index in [1.807, 2.05) is 38.1 Å². The molecule has 0 saturated heterocycles. The van der Waals surface area contributed by atoms with E-state index in [1.54, 1.807) is 6.92 Å². The lowest BCUT2D eigenvalue weighted by molar-refractivity contribution is -0.210. The number of hydrogen-bond donors (Lipinski definition) is 0. The minimum atomic E-state index is -0.731. The second-order valence-corrected chi connectivity index (χ2v) is 4.66. The Hall–Kier alpha value is -1.55. The summed E-state index contributed by atoms with van der Waals surface area (Å²) in [7, 11) is 0. The topological polar surface area (TPSA) is 44.8 Å². The zero-order valence-corrected chi connectivity index (χ0v) is 10.9. The van der Waals surface area contributed by atoms with Crippen molar-refractivity contribution in [2.45, 2.75) is 39.1 Å². The molecule has 0 spiro atoms. The fourth-order valence-corrected chi connectivity index (χ4v) is 2.06. The van der Waals surface area contributed by atoms with Crippen LogP contribution in [0.5, 0.6) is 5.75 Å². The van der Waals surface area contributed by atoms with Crippen molar-refractivity contribution in [1.82, 2.24) is 0 Å². The molecule has 1 atom stereocenters. The molecule has 98 valence electrons. The summed E-state index contributed by atoms with van der Waals surface area (Å²) < 4.78 is 16.5. The molecule has 0 aliphatic carbocycles. The lowest BCUT2D eigenvalue weighted by atomic mass is 10.0. The quantitative estimate of drug-likeness (QED) is 0.774. The van der Waals surface area contributed by atoms with Crippen molar-refractivity contribution in [3.05, 3.63) is 29.8 Å². The van der Waals surface area contributed by atoms with Gasteiger partial charge in [-0.25, -0.2) is 0 Å². The third-order valence-corrected chi connectivity index (χ3v) is 2.71. The first kappa shape index (κ1) is 12.9. The molecule has 1 unspecified atom stereocenters. The number of para-hydroxylation sites is 1. The molecule has 4 nitrogen and oxygen atoms in total. The van der Waals surface area contributed by atoms with E-state index in [-0.39, 0.29) is 18.5 Å². The van der Waals surface area contributed by atoms with Crippen molar-refractivity contribution in [3.63, 3.8) is 0 Å². The number of esters is 1. The van der Waals surface area contributed by atoms with Gasteiger partial charge >= 0.3 is 5.97 Å². The van der Waals surface area contributed by atoms with Gasteiger partial charge in [0.2, 0.25) is 5.79 Å². The van der Waals surface area contributed by atoms with E-state index in [0.717, 1.165) is 11.3 Å². The smallest absolute Gasteiger partial charge is 0.308 e. The third kappa shape index (κ3) is 2.82. The van der Waals surface area contributed by atoms with Crippen LogP contribution < -0.4 is 4.74 Å². The molecular weight excluding hydrogens is 232 g/mol. The number of carbonyl (C=O) groups is 1. The summed E-state index contributed by atoms with van der Waals surface area (Å²) in [5.74, 6) is -0.219. The molecule has 1 aromatic carbocycles. The van der Waals surface area contributed by atoms with E-state index in [1.165, 1.54) is 0 Å². The summed E-state index contributed by atoms with van der Waals surface area (Å²) in [6.07, 6.45) is -0.110. The number of ether oxygens (including phenoxy) is 3. The Balaban J connectivity index is 2.22. The maximum atomic E-state index is 11.6. The molecule has 0 amide bonds. The van der Waals surface area contributed by atoms with Gasteiger partial charge in [0.15, 0.2) is 0 Å². The lowest BCUT2D eigenvalue weighted by Crippen LogP contribution is -2.38. The van der Waals surface area contributed by atoms with E-state index < -0.39 is 5.79 Å². The van der Waals surface area contributed by atoms with Crippen LogP contribution in [-0.2, 0) is 14.3 Å². The molecule has 18 heavy (non-hydrogen) atoms. The molecule has 0 fully saturated rings. The van der Waals surface area contributed by atoms with Gasteiger partial charge in [0.1, 0.15) is 11.9 Å². The van der Waals surface area contributed by atoms with Crippen molar-refractivity contribution < 1.29 is 19.0 Å². The van der Waals surface area contributed by atoms with Crippen LogP contribution in [0, 0.1) is 0 Å². The van der Waals surface area contributed by atoms with Gasteiger partial charge in [-0.15, -0.1) is 0 Å². The monoisotopic (exact) mass is 250 g/mol. The zero-order valence-electron chi connectivity index (χ0n) is 10.9. The van der Waals surface area contributed by atoms with Crippen LogP contribution in [0.2, 0.25) is 0 Å². The summed E-state index contributed by atoms with van der Waals surface area (Å²) in [5, 5.41) is 0. The number of hydrogen-bond acceptors (Lipinski definition) is 4. The molecule has 0 saturated carbocycles. The number of benzene rings is 1. The summed E-state index contributed by atoms with van der Waals surface area (Å²) in [5.41, 5.74) is 0.893. The van der Waals surface area contributed by atoms with Gasteiger partial charge in [-0.1, -0.05) is 18.2 Å². The minimum absolute atomic E-state index is 0.206. The Morgan fingerprint density at radius 3 is 2.83 bits per heavy atom.